The first-order chi connectivity index (χ1) is 9.32. The third-order valence-corrected chi connectivity index (χ3v) is 4.82. The lowest BCUT2D eigenvalue weighted by atomic mass is 10.1. The smallest absolute Gasteiger partial charge is 0.340 e. The van der Waals surface area contributed by atoms with Gasteiger partial charge in [0.2, 0.25) is 0 Å². The molecule has 21 heavy (non-hydrogen) atoms. The lowest BCUT2D eigenvalue weighted by Crippen LogP contribution is -2.27. The first-order valence-corrected chi connectivity index (χ1v) is 9.65. The zero-order valence-corrected chi connectivity index (χ0v) is 19.4. The summed E-state index contributed by atoms with van der Waals surface area (Å²) in [5.74, 6) is 0.427. The maximum atomic E-state index is 12.4. The molecule has 3 nitrogen and oxygen atoms in total. The van der Waals surface area contributed by atoms with Gasteiger partial charge >= 0.3 is 5.97 Å². The highest BCUT2D eigenvalue weighted by atomic mass is 127. The van der Waals surface area contributed by atoms with Crippen molar-refractivity contribution in [2.24, 2.45) is 0 Å². The second-order valence-electron chi connectivity index (χ2n) is 6.57. The molecule has 0 atom stereocenters. The summed E-state index contributed by atoms with van der Waals surface area (Å²) in [4.78, 5) is 12.4. The molecule has 0 saturated carbocycles. The lowest BCUT2D eigenvalue weighted by Gasteiger charge is -2.25. The Balaban J connectivity index is 3.34. The van der Waals surface area contributed by atoms with Crippen molar-refractivity contribution >= 4 is 73.7 Å². The van der Waals surface area contributed by atoms with E-state index in [2.05, 4.69) is 67.8 Å². The van der Waals surface area contributed by atoms with Gasteiger partial charge in [-0.25, -0.2) is 4.79 Å². The summed E-state index contributed by atoms with van der Waals surface area (Å²) in [5, 5.41) is 0. The Hall–Kier alpha value is 0.680. The molecule has 1 aromatic rings. The van der Waals surface area contributed by atoms with Crippen molar-refractivity contribution in [3.05, 3.63) is 22.3 Å². The third kappa shape index (κ3) is 6.00. The Morgan fingerprint density at radius 2 is 1.48 bits per heavy atom. The summed E-state index contributed by atoms with van der Waals surface area (Å²) in [5.41, 5.74) is -0.263. The molecule has 0 aliphatic heterocycles. The minimum absolute atomic E-state index is 0.313. The predicted octanol–water partition coefficient (Wildman–Crippen LogP) is 5.63. The van der Waals surface area contributed by atoms with E-state index in [9.17, 15) is 4.79 Å². The Morgan fingerprint density at radius 3 is 1.90 bits per heavy atom. The van der Waals surface area contributed by atoms with Crippen LogP contribution in [-0.4, -0.2) is 17.2 Å². The van der Waals surface area contributed by atoms with E-state index >= 15 is 0 Å². The number of benzene rings is 1. The molecule has 1 aromatic carbocycles. The van der Waals surface area contributed by atoms with Crippen molar-refractivity contribution in [2.75, 3.05) is 0 Å². The second-order valence-corrected chi connectivity index (χ2v) is 9.98. The fourth-order valence-electron chi connectivity index (χ4n) is 1.49. The summed E-state index contributed by atoms with van der Waals surface area (Å²) in [7, 11) is 0. The molecule has 0 heterocycles. The Labute approximate surface area is 167 Å². The van der Waals surface area contributed by atoms with Crippen LogP contribution in [-0.2, 0) is 4.74 Å². The van der Waals surface area contributed by atoms with Gasteiger partial charge in [-0.05, 0) is 115 Å². The Morgan fingerprint density at radius 1 is 0.952 bits per heavy atom. The fraction of sp³-hybridized carbons (Fsp3) is 0.533. The van der Waals surface area contributed by atoms with Crippen LogP contribution in [0.3, 0.4) is 0 Å². The Kier molecular flexibility index (Phi) is 6.63. The molecule has 0 aliphatic rings. The number of ether oxygens (including phenoxy) is 2. The number of hydrogen-bond donors (Lipinski definition) is 0. The first kappa shape index (κ1) is 19.7. The van der Waals surface area contributed by atoms with Crippen molar-refractivity contribution in [3.8, 4) is 5.75 Å². The molecule has 0 amide bonds. The monoisotopic (exact) mass is 628 g/mol. The highest BCUT2D eigenvalue weighted by molar-refractivity contribution is 14.1. The van der Waals surface area contributed by atoms with Gasteiger partial charge in [0.05, 0.1) is 12.7 Å². The molecular formula is C15H19I3O3. The minimum atomic E-state index is -0.517. The van der Waals surface area contributed by atoms with Crippen LogP contribution in [0.25, 0.3) is 0 Å². The molecule has 118 valence electrons. The fourth-order valence-corrected chi connectivity index (χ4v) is 5.52. The van der Waals surface area contributed by atoms with E-state index in [0.29, 0.717) is 5.56 Å². The van der Waals surface area contributed by atoms with Gasteiger partial charge in [0.15, 0.2) is 0 Å². The van der Waals surface area contributed by atoms with Gasteiger partial charge < -0.3 is 9.47 Å². The summed E-state index contributed by atoms with van der Waals surface area (Å²) < 4.78 is 14.2. The van der Waals surface area contributed by atoms with E-state index < -0.39 is 5.60 Å². The number of rotatable bonds is 2. The van der Waals surface area contributed by atoms with Crippen LogP contribution in [0, 0.1) is 10.7 Å². The summed E-state index contributed by atoms with van der Waals surface area (Å²) in [6, 6.07) is 1.95. The molecular weight excluding hydrogens is 609 g/mol. The number of hydrogen-bond acceptors (Lipinski definition) is 3. The highest BCUT2D eigenvalue weighted by Gasteiger charge is 2.27. The molecule has 0 saturated heterocycles. The van der Waals surface area contributed by atoms with Crippen molar-refractivity contribution in [2.45, 2.75) is 52.7 Å². The lowest BCUT2D eigenvalue weighted by molar-refractivity contribution is 0.00655. The minimum Gasteiger partial charge on any atom is -0.486 e. The SMILES string of the molecule is CC(C)(C)OC(=O)c1c(I)cc(I)c(OC(C)(C)C)c1I. The zero-order chi connectivity index (χ0) is 16.6. The molecule has 0 unspecified atom stereocenters. The maximum absolute atomic E-state index is 12.4. The van der Waals surface area contributed by atoms with Crippen LogP contribution < -0.4 is 4.74 Å². The average molecular weight is 628 g/mol. The van der Waals surface area contributed by atoms with Gasteiger partial charge in [0, 0.05) is 3.57 Å². The normalized spacial score (nSPS) is 12.2. The largest absolute Gasteiger partial charge is 0.486 e. The molecule has 0 N–H and O–H groups in total. The predicted molar refractivity (Wildman–Crippen MR) is 110 cm³/mol. The van der Waals surface area contributed by atoms with Crippen LogP contribution in [0.5, 0.6) is 5.75 Å². The molecule has 6 heteroatoms. The number of esters is 1. The number of carbonyl (C=O) groups excluding carboxylic acids is 1. The van der Waals surface area contributed by atoms with Crippen molar-refractivity contribution < 1.29 is 14.3 Å². The van der Waals surface area contributed by atoms with Gasteiger partial charge in [0.1, 0.15) is 17.0 Å². The van der Waals surface area contributed by atoms with E-state index in [1.54, 1.807) is 0 Å². The number of halogens is 3. The van der Waals surface area contributed by atoms with Crippen molar-refractivity contribution in [1.82, 2.24) is 0 Å². The molecule has 0 fully saturated rings. The van der Waals surface area contributed by atoms with Crippen LogP contribution in [0.1, 0.15) is 51.9 Å². The average Bonchev–Trinajstić information content (AvgIpc) is 2.19. The highest BCUT2D eigenvalue weighted by Crippen LogP contribution is 2.36. The van der Waals surface area contributed by atoms with Crippen LogP contribution >= 0.6 is 67.8 Å². The quantitative estimate of drug-likeness (QED) is 0.315. The van der Waals surface area contributed by atoms with E-state index in [4.69, 9.17) is 9.47 Å². The third-order valence-electron chi connectivity index (χ3n) is 2.14. The second kappa shape index (κ2) is 7.06. The zero-order valence-electron chi connectivity index (χ0n) is 12.9. The molecule has 0 spiro atoms. The van der Waals surface area contributed by atoms with E-state index in [1.807, 2.05) is 47.6 Å². The van der Waals surface area contributed by atoms with E-state index in [1.165, 1.54) is 0 Å². The standard InChI is InChI=1S/C15H19I3O3/c1-14(2,3)20-12-9(17)7-8(16)10(11(12)18)13(19)21-15(4,5)6/h7H,1-6H3. The van der Waals surface area contributed by atoms with Crippen LogP contribution in [0.15, 0.2) is 6.07 Å². The molecule has 0 aliphatic carbocycles. The van der Waals surface area contributed by atoms with Gasteiger partial charge in [-0.15, -0.1) is 0 Å². The van der Waals surface area contributed by atoms with Gasteiger partial charge in [0.25, 0.3) is 0 Å². The van der Waals surface area contributed by atoms with Crippen molar-refractivity contribution in [1.29, 1.82) is 0 Å². The van der Waals surface area contributed by atoms with Gasteiger partial charge in [-0.1, -0.05) is 0 Å². The Bertz CT molecular complexity index is 555. The van der Waals surface area contributed by atoms with Gasteiger partial charge in [-0.2, -0.15) is 0 Å². The van der Waals surface area contributed by atoms with Crippen LogP contribution in [0.4, 0.5) is 0 Å². The van der Waals surface area contributed by atoms with E-state index in [0.717, 1.165) is 16.5 Å². The molecule has 1 rings (SSSR count). The van der Waals surface area contributed by atoms with E-state index in [-0.39, 0.29) is 11.6 Å². The molecule has 0 aromatic heterocycles. The summed E-state index contributed by atoms with van der Waals surface area (Å²) >= 11 is 6.56. The molecule has 0 bridgehead atoms. The maximum Gasteiger partial charge on any atom is 0.340 e. The van der Waals surface area contributed by atoms with Crippen molar-refractivity contribution in [3.63, 3.8) is 0 Å². The topological polar surface area (TPSA) is 35.5 Å². The van der Waals surface area contributed by atoms with Gasteiger partial charge in [-0.3, -0.25) is 0 Å². The number of carbonyl (C=O) groups is 1. The van der Waals surface area contributed by atoms with Crippen LogP contribution in [0.2, 0.25) is 0 Å². The first-order valence-electron chi connectivity index (χ1n) is 6.41. The summed E-state index contributed by atoms with van der Waals surface area (Å²) in [6.07, 6.45) is 0. The summed E-state index contributed by atoms with van der Waals surface area (Å²) in [6.45, 7) is 11.6. The molecule has 0 radical (unpaired) electrons.